The van der Waals surface area contributed by atoms with Crippen molar-refractivity contribution < 1.29 is 14.3 Å². The molecule has 1 aromatic rings. The van der Waals surface area contributed by atoms with E-state index >= 15 is 0 Å². The van der Waals surface area contributed by atoms with Crippen LogP contribution in [0.15, 0.2) is 30.3 Å². The van der Waals surface area contributed by atoms with Crippen LogP contribution in [0.1, 0.15) is 40.2 Å². The molecule has 110 valence electrons. The van der Waals surface area contributed by atoms with E-state index in [9.17, 15) is 9.59 Å². The van der Waals surface area contributed by atoms with Gasteiger partial charge in [-0.2, -0.15) is 0 Å². The summed E-state index contributed by atoms with van der Waals surface area (Å²) in [5, 5.41) is 2.78. The first-order valence-electron chi connectivity index (χ1n) is 6.68. The largest absolute Gasteiger partial charge is 0.449 e. The molecule has 0 radical (unpaired) electrons. The molecular formula is C16H23NO3. The van der Waals surface area contributed by atoms with Crippen LogP contribution < -0.4 is 5.32 Å². The monoisotopic (exact) mass is 277 g/mol. The molecule has 1 N–H and O–H groups in total. The molecule has 0 atom stereocenters. The molecular weight excluding hydrogens is 254 g/mol. The Balaban J connectivity index is 2.59. The molecule has 0 spiro atoms. The summed E-state index contributed by atoms with van der Waals surface area (Å²) in [4.78, 5) is 24.0. The average Bonchev–Trinajstić information content (AvgIpc) is 2.35. The smallest absolute Gasteiger partial charge is 0.312 e. The molecule has 20 heavy (non-hydrogen) atoms. The Hall–Kier alpha value is -1.84. The summed E-state index contributed by atoms with van der Waals surface area (Å²) in [6.45, 7) is 8.87. The highest BCUT2D eigenvalue weighted by Crippen LogP contribution is 2.20. The van der Waals surface area contributed by atoms with Gasteiger partial charge in [-0.15, -0.1) is 0 Å². The Morgan fingerprint density at radius 2 is 1.60 bits per heavy atom. The predicted molar refractivity (Wildman–Crippen MR) is 77.9 cm³/mol. The number of nitrogens with one attached hydrogen (secondary N) is 1. The van der Waals surface area contributed by atoms with E-state index in [2.05, 4.69) is 5.32 Å². The topological polar surface area (TPSA) is 55.4 Å². The molecule has 0 fully saturated rings. The highest BCUT2D eigenvalue weighted by molar-refractivity contribution is 5.88. The molecule has 4 nitrogen and oxygen atoms in total. The number of esters is 1. The standard InChI is InChI=1S/C16H23NO3/c1-15(2,3)14(19)20-16(4,5)13(18)17-11-12-9-7-6-8-10-12/h6-10H,11H2,1-5H3,(H,17,18). The third-order valence-corrected chi connectivity index (χ3v) is 2.80. The van der Waals surface area contributed by atoms with Crippen LogP contribution in [-0.4, -0.2) is 17.5 Å². The molecule has 0 saturated heterocycles. The Kier molecular flexibility index (Phi) is 4.93. The van der Waals surface area contributed by atoms with E-state index in [-0.39, 0.29) is 5.91 Å². The maximum Gasteiger partial charge on any atom is 0.312 e. The molecule has 0 heterocycles. The third-order valence-electron chi connectivity index (χ3n) is 2.80. The van der Waals surface area contributed by atoms with Gasteiger partial charge in [0.15, 0.2) is 5.60 Å². The van der Waals surface area contributed by atoms with Gasteiger partial charge in [0.2, 0.25) is 0 Å². The number of amides is 1. The summed E-state index contributed by atoms with van der Waals surface area (Å²) < 4.78 is 5.30. The molecule has 0 aliphatic carbocycles. The van der Waals surface area contributed by atoms with E-state index in [0.717, 1.165) is 5.56 Å². The van der Waals surface area contributed by atoms with E-state index in [1.165, 1.54) is 0 Å². The number of hydrogen-bond donors (Lipinski definition) is 1. The van der Waals surface area contributed by atoms with Crippen LogP contribution in [0.3, 0.4) is 0 Å². The second-order valence-electron chi connectivity index (χ2n) is 6.32. The minimum atomic E-state index is -1.18. The molecule has 1 aromatic carbocycles. The summed E-state index contributed by atoms with van der Waals surface area (Å²) >= 11 is 0. The number of carbonyl (C=O) groups excluding carboxylic acids is 2. The van der Waals surface area contributed by atoms with E-state index in [1.807, 2.05) is 30.3 Å². The van der Waals surface area contributed by atoms with Crippen molar-refractivity contribution in [3.8, 4) is 0 Å². The first-order chi connectivity index (χ1) is 9.13. The molecule has 0 unspecified atom stereocenters. The summed E-state index contributed by atoms with van der Waals surface area (Å²) in [5.41, 5.74) is -0.811. The second kappa shape index (κ2) is 6.07. The first-order valence-corrected chi connectivity index (χ1v) is 6.68. The molecule has 0 saturated carbocycles. The van der Waals surface area contributed by atoms with Crippen LogP contribution in [0.4, 0.5) is 0 Å². The second-order valence-corrected chi connectivity index (χ2v) is 6.32. The van der Waals surface area contributed by atoms with Crippen molar-refractivity contribution in [3.63, 3.8) is 0 Å². The Morgan fingerprint density at radius 1 is 1.05 bits per heavy atom. The van der Waals surface area contributed by atoms with Crippen molar-refractivity contribution >= 4 is 11.9 Å². The van der Waals surface area contributed by atoms with Crippen molar-refractivity contribution in [3.05, 3.63) is 35.9 Å². The van der Waals surface area contributed by atoms with Gasteiger partial charge in [-0.3, -0.25) is 9.59 Å². The van der Waals surface area contributed by atoms with Gasteiger partial charge in [-0.05, 0) is 40.2 Å². The highest BCUT2D eigenvalue weighted by Gasteiger charge is 2.35. The predicted octanol–water partition coefficient (Wildman–Crippen LogP) is 2.67. The Bertz CT molecular complexity index is 472. The van der Waals surface area contributed by atoms with Gasteiger partial charge in [0.1, 0.15) is 0 Å². The number of benzene rings is 1. The summed E-state index contributed by atoms with van der Waals surface area (Å²) in [6.07, 6.45) is 0. The van der Waals surface area contributed by atoms with E-state index < -0.39 is 17.0 Å². The lowest BCUT2D eigenvalue weighted by Gasteiger charge is -2.28. The number of carbonyl (C=O) groups is 2. The van der Waals surface area contributed by atoms with E-state index in [0.29, 0.717) is 6.54 Å². The fraction of sp³-hybridized carbons (Fsp3) is 0.500. The van der Waals surface area contributed by atoms with E-state index in [4.69, 9.17) is 4.74 Å². The lowest BCUT2D eigenvalue weighted by Crippen LogP contribution is -2.47. The lowest BCUT2D eigenvalue weighted by molar-refractivity contribution is -0.172. The fourth-order valence-electron chi connectivity index (χ4n) is 1.42. The molecule has 0 aromatic heterocycles. The van der Waals surface area contributed by atoms with Gasteiger partial charge in [-0.25, -0.2) is 0 Å². The Morgan fingerprint density at radius 3 is 2.10 bits per heavy atom. The van der Waals surface area contributed by atoms with Crippen LogP contribution in [-0.2, 0) is 20.9 Å². The van der Waals surface area contributed by atoms with Gasteiger partial charge in [-0.1, -0.05) is 30.3 Å². The van der Waals surface area contributed by atoms with Crippen molar-refractivity contribution in [1.29, 1.82) is 0 Å². The van der Waals surface area contributed by atoms with Crippen molar-refractivity contribution in [1.82, 2.24) is 5.32 Å². The summed E-state index contributed by atoms with van der Waals surface area (Å²) in [6, 6.07) is 9.59. The highest BCUT2D eigenvalue weighted by atomic mass is 16.6. The van der Waals surface area contributed by atoms with Crippen LogP contribution in [0.25, 0.3) is 0 Å². The lowest BCUT2D eigenvalue weighted by atomic mass is 9.96. The number of ether oxygens (including phenoxy) is 1. The zero-order chi connectivity index (χ0) is 15.4. The molecule has 0 bridgehead atoms. The van der Waals surface area contributed by atoms with Gasteiger partial charge in [0, 0.05) is 6.54 Å². The van der Waals surface area contributed by atoms with Crippen LogP contribution in [0, 0.1) is 5.41 Å². The average molecular weight is 277 g/mol. The normalized spacial score (nSPS) is 11.8. The van der Waals surface area contributed by atoms with Gasteiger partial charge in [0.25, 0.3) is 5.91 Å². The van der Waals surface area contributed by atoms with Gasteiger partial charge >= 0.3 is 5.97 Å². The third kappa shape index (κ3) is 4.68. The minimum absolute atomic E-state index is 0.307. The maximum absolute atomic E-state index is 12.1. The Labute approximate surface area is 120 Å². The molecule has 1 amide bonds. The summed E-state index contributed by atoms with van der Waals surface area (Å²) in [5.74, 6) is -0.698. The zero-order valence-corrected chi connectivity index (χ0v) is 12.8. The van der Waals surface area contributed by atoms with E-state index in [1.54, 1.807) is 34.6 Å². The molecule has 0 aliphatic rings. The molecule has 1 rings (SSSR count). The number of rotatable bonds is 4. The molecule has 4 heteroatoms. The van der Waals surface area contributed by atoms with Crippen molar-refractivity contribution in [2.75, 3.05) is 0 Å². The SMILES string of the molecule is CC(C)(C)C(=O)OC(C)(C)C(=O)NCc1ccccc1. The van der Waals surface area contributed by atoms with Crippen molar-refractivity contribution in [2.24, 2.45) is 5.41 Å². The summed E-state index contributed by atoms with van der Waals surface area (Å²) in [7, 11) is 0. The maximum atomic E-state index is 12.1. The van der Waals surface area contributed by atoms with Crippen molar-refractivity contribution in [2.45, 2.75) is 46.8 Å². The number of hydrogen-bond acceptors (Lipinski definition) is 3. The van der Waals surface area contributed by atoms with Crippen LogP contribution >= 0.6 is 0 Å². The van der Waals surface area contributed by atoms with Gasteiger partial charge < -0.3 is 10.1 Å². The van der Waals surface area contributed by atoms with Gasteiger partial charge in [0.05, 0.1) is 5.41 Å². The first kappa shape index (κ1) is 16.2. The fourth-order valence-corrected chi connectivity index (χ4v) is 1.42. The molecule has 0 aliphatic heterocycles. The quantitative estimate of drug-likeness (QED) is 0.861. The zero-order valence-electron chi connectivity index (χ0n) is 12.8. The minimum Gasteiger partial charge on any atom is -0.449 e. The van der Waals surface area contributed by atoms with Crippen LogP contribution in [0.5, 0.6) is 0 Å². The van der Waals surface area contributed by atoms with Crippen LogP contribution in [0.2, 0.25) is 0 Å².